The van der Waals surface area contributed by atoms with Crippen LogP contribution < -0.4 is 0 Å². The molecule has 1 aliphatic heterocycles. The van der Waals surface area contributed by atoms with E-state index < -0.39 is 0 Å². The lowest BCUT2D eigenvalue weighted by Gasteiger charge is -2.23. The smallest absolute Gasteiger partial charge is 0.309 e. The highest BCUT2D eigenvalue weighted by molar-refractivity contribution is 5.73. The molecule has 1 saturated carbocycles. The van der Waals surface area contributed by atoms with Crippen molar-refractivity contribution in [2.75, 3.05) is 6.61 Å². The third-order valence-electron chi connectivity index (χ3n) is 3.11. The van der Waals surface area contributed by atoms with Crippen molar-refractivity contribution in [2.24, 2.45) is 11.8 Å². The van der Waals surface area contributed by atoms with Crippen molar-refractivity contribution in [1.82, 2.24) is 0 Å². The number of carbonyl (C=O) groups is 1. The lowest BCUT2D eigenvalue weighted by Crippen LogP contribution is -2.30. The van der Waals surface area contributed by atoms with Gasteiger partial charge in [0.1, 0.15) is 6.61 Å². The van der Waals surface area contributed by atoms with E-state index in [4.69, 9.17) is 9.47 Å². The highest BCUT2D eigenvalue weighted by Gasteiger charge is 2.49. The van der Waals surface area contributed by atoms with Gasteiger partial charge >= 0.3 is 5.97 Å². The fourth-order valence-corrected chi connectivity index (χ4v) is 2.18. The molecule has 0 aromatic rings. The van der Waals surface area contributed by atoms with Crippen molar-refractivity contribution < 1.29 is 14.3 Å². The van der Waals surface area contributed by atoms with Crippen LogP contribution in [0.1, 0.15) is 19.8 Å². The number of fused-ring (bicyclic) bond motifs is 1. The molecule has 0 spiro atoms. The highest BCUT2D eigenvalue weighted by atomic mass is 16.6. The van der Waals surface area contributed by atoms with Gasteiger partial charge in [0.25, 0.3) is 0 Å². The van der Waals surface area contributed by atoms with Gasteiger partial charge in [-0.3, -0.25) is 4.79 Å². The van der Waals surface area contributed by atoms with Crippen molar-refractivity contribution in [3.8, 4) is 0 Å². The topological polar surface area (TPSA) is 38.8 Å². The summed E-state index contributed by atoms with van der Waals surface area (Å²) >= 11 is 0. The Morgan fingerprint density at radius 1 is 1.57 bits per heavy atom. The second-order valence-corrected chi connectivity index (χ2v) is 4.19. The van der Waals surface area contributed by atoms with E-state index in [0.717, 1.165) is 12.8 Å². The summed E-state index contributed by atoms with van der Waals surface area (Å²) in [6.45, 7) is 5.93. The van der Waals surface area contributed by atoms with E-state index in [1.54, 1.807) is 6.08 Å². The van der Waals surface area contributed by atoms with Crippen LogP contribution in [0.4, 0.5) is 0 Å². The van der Waals surface area contributed by atoms with Gasteiger partial charge in [-0.2, -0.15) is 0 Å². The normalized spacial score (nSPS) is 39.8. The molecule has 3 nitrogen and oxygen atoms in total. The Bertz CT molecular complexity index is 249. The summed E-state index contributed by atoms with van der Waals surface area (Å²) in [5, 5.41) is 0. The first-order valence-electron chi connectivity index (χ1n) is 5.15. The van der Waals surface area contributed by atoms with Gasteiger partial charge in [-0.1, -0.05) is 19.6 Å². The lowest BCUT2D eigenvalue weighted by molar-refractivity contribution is -0.149. The van der Waals surface area contributed by atoms with Crippen molar-refractivity contribution in [3.05, 3.63) is 12.7 Å². The molecule has 1 aliphatic carbocycles. The first-order valence-corrected chi connectivity index (χ1v) is 5.15. The number of esters is 1. The number of hydrogen-bond acceptors (Lipinski definition) is 3. The first kappa shape index (κ1) is 9.71. The first-order chi connectivity index (χ1) is 6.72. The van der Waals surface area contributed by atoms with Gasteiger partial charge in [0.2, 0.25) is 0 Å². The van der Waals surface area contributed by atoms with Gasteiger partial charge in [-0.15, -0.1) is 0 Å². The van der Waals surface area contributed by atoms with Gasteiger partial charge in [-0.25, -0.2) is 0 Å². The average molecular weight is 196 g/mol. The number of carbonyl (C=O) groups excluding carboxylic acids is 1. The van der Waals surface area contributed by atoms with Crippen molar-refractivity contribution in [2.45, 2.75) is 32.0 Å². The Hall–Kier alpha value is -0.830. The van der Waals surface area contributed by atoms with Gasteiger partial charge in [0, 0.05) is 0 Å². The summed E-state index contributed by atoms with van der Waals surface area (Å²) in [5.74, 6) is 0.320. The largest absolute Gasteiger partial charge is 0.461 e. The van der Waals surface area contributed by atoms with E-state index in [2.05, 4.69) is 13.5 Å². The van der Waals surface area contributed by atoms with Crippen LogP contribution >= 0.6 is 0 Å². The summed E-state index contributed by atoms with van der Waals surface area (Å²) in [6.07, 6.45) is 4.18. The fraction of sp³-hybridized carbons (Fsp3) is 0.727. The zero-order valence-corrected chi connectivity index (χ0v) is 8.44. The molecular weight excluding hydrogens is 180 g/mol. The summed E-state index contributed by atoms with van der Waals surface area (Å²) in [5.41, 5.74) is 0. The van der Waals surface area contributed by atoms with Gasteiger partial charge < -0.3 is 9.47 Å². The Morgan fingerprint density at radius 2 is 2.29 bits per heavy atom. The molecule has 4 atom stereocenters. The van der Waals surface area contributed by atoms with Crippen LogP contribution in [0.15, 0.2) is 12.7 Å². The molecule has 0 amide bonds. The van der Waals surface area contributed by atoms with Crippen LogP contribution in [0.3, 0.4) is 0 Å². The van der Waals surface area contributed by atoms with Crippen LogP contribution in [-0.2, 0) is 14.3 Å². The maximum atomic E-state index is 11.6. The Morgan fingerprint density at radius 3 is 3.00 bits per heavy atom. The Balaban J connectivity index is 1.88. The molecule has 3 heteroatoms. The van der Waals surface area contributed by atoms with Crippen LogP contribution in [0.25, 0.3) is 0 Å². The molecule has 0 radical (unpaired) electrons. The molecule has 2 aliphatic rings. The van der Waals surface area contributed by atoms with Crippen LogP contribution in [0, 0.1) is 11.8 Å². The minimum Gasteiger partial charge on any atom is -0.461 e. The lowest BCUT2D eigenvalue weighted by atomic mass is 9.80. The number of epoxide rings is 1. The predicted molar refractivity (Wildman–Crippen MR) is 51.7 cm³/mol. The zero-order chi connectivity index (χ0) is 10.1. The van der Waals surface area contributed by atoms with E-state index in [1.165, 1.54) is 0 Å². The van der Waals surface area contributed by atoms with Gasteiger partial charge in [0.15, 0.2) is 0 Å². The van der Waals surface area contributed by atoms with Crippen LogP contribution in [0.2, 0.25) is 0 Å². The minimum atomic E-state index is -0.0913. The molecule has 0 N–H and O–H groups in total. The molecule has 1 saturated heterocycles. The molecule has 2 fully saturated rings. The molecule has 0 aromatic carbocycles. The highest BCUT2D eigenvalue weighted by Crippen LogP contribution is 2.42. The molecule has 0 bridgehead atoms. The second kappa shape index (κ2) is 3.73. The summed E-state index contributed by atoms with van der Waals surface area (Å²) in [7, 11) is 0. The molecular formula is C11H16O3. The average Bonchev–Trinajstić information content (AvgIpc) is 2.90. The summed E-state index contributed by atoms with van der Waals surface area (Å²) < 4.78 is 10.5. The van der Waals surface area contributed by atoms with E-state index in [0.29, 0.717) is 24.7 Å². The molecule has 14 heavy (non-hydrogen) atoms. The SMILES string of the molecule is C=CCOC(=O)[C@@H]1C[C@@H]2O[C@@H]2C[C@H]1C. The Kier molecular flexibility index (Phi) is 2.59. The maximum Gasteiger partial charge on any atom is 0.309 e. The van der Waals surface area contributed by atoms with E-state index in [-0.39, 0.29) is 11.9 Å². The van der Waals surface area contributed by atoms with Crippen molar-refractivity contribution in [1.29, 1.82) is 0 Å². The van der Waals surface area contributed by atoms with Crippen LogP contribution in [-0.4, -0.2) is 24.8 Å². The summed E-state index contributed by atoms with van der Waals surface area (Å²) in [6, 6.07) is 0. The second-order valence-electron chi connectivity index (χ2n) is 4.19. The molecule has 1 heterocycles. The molecule has 0 unspecified atom stereocenters. The Labute approximate surface area is 84.1 Å². The molecule has 2 rings (SSSR count). The number of hydrogen-bond donors (Lipinski definition) is 0. The monoisotopic (exact) mass is 196 g/mol. The molecule has 78 valence electrons. The quantitative estimate of drug-likeness (QED) is 0.390. The standard InChI is InChI=1S/C11H16O3/c1-3-4-13-11(12)8-6-10-9(14-10)5-7(8)2/h3,7-10H,1,4-6H2,2H3/t7-,8-,9-,10+/m1/s1. The third-order valence-corrected chi connectivity index (χ3v) is 3.11. The van der Waals surface area contributed by atoms with Gasteiger partial charge in [0.05, 0.1) is 18.1 Å². The van der Waals surface area contributed by atoms with Crippen molar-refractivity contribution in [3.63, 3.8) is 0 Å². The van der Waals surface area contributed by atoms with Crippen LogP contribution in [0.5, 0.6) is 0 Å². The van der Waals surface area contributed by atoms with E-state index in [9.17, 15) is 4.79 Å². The minimum absolute atomic E-state index is 0.0266. The maximum absolute atomic E-state index is 11.6. The number of ether oxygens (including phenoxy) is 2. The zero-order valence-electron chi connectivity index (χ0n) is 8.44. The van der Waals surface area contributed by atoms with Gasteiger partial charge in [-0.05, 0) is 18.8 Å². The van der Waals surface area contributed by atoms with Crippen molar-refractivity contribution >= 4 is 5.97 Å². The van der Waals surface area contributed by atoms with E-state index in [1.807, 2.05) is 0 Å². The molecule has 0 aromatic heterocycles. The number of rotatable bonds is 3. The fourth-order valence-electron chi connectivity index (χ4n) is 2.18. The summed E-state index contributed by atoms with van der Waals surface area (Å²) in [4.78, 5) is 11.6. The predicted octanol–water partition coefficient (Wildman–Crippen LogP) is 1.53. The third kappa shape index (κ3) is 1.82. The van der Waals surface area contributed by atoms with E-state index >= 15 is 0 Å².